The third kappa shape index (κ3) is 4.48. The average Bonchev–Trinajstić information content (AvgIpc) is 2.67. The fourth-order valence-corrected chi connectivity index (χ4v) is 3.65. The number of hydrogen-bond acceptors (Lipinski definition) is 2. The van der Waals surface area contributed by atoms with Gasteiger partial charge in [-0.15, -0.1) is 0 Å². The molecule has 3 nitrogen and oxygen atoms in total. The second-order valence-corrected chi connectivity index (χ2v) is 6.63. The number of rotatable bonds is 3. The summed E-state index contributed by atoms with van der Waals surface area (Å²) < 4.78 is 0. The SMILES string of the molecule is CN(C(=O)CC1CCCCCC1)C1CCC(N)CC1. The minimum absolute atomic E-state index is 0.363. The van der Waals surface area contributed by atoms with Crippen LogP contribution in [0.1, 0.15) is 70.6 Å². The first-order chi connectivity index (χ1) is 9.16. The second kappa shape index (κ2) is 7.28. The molecule has 2 fully saturated rings. The monoisotopic (exact) mass is 266 g/mol. The summed E-state index contributed by atoms with van der Waals surface area (Å²) in [7, 11) is 2.00. The molecule has 0 aromatic heterocycles. The van der Waals surface area contributed by atoms with E-state index in [-0.39, 0.29) is 0 Å². The summed E-state index contributed by atoms with van der Waals surface area (Å²) in [6.45, 7) is 0. The first-order valence-corrected chi connectivity index (χ1v) is 8.18. The van der Waals surface area contributed by atoms with Gasteiger partial charge in [0.05, 0.1) is 0 Å². The van der Waals surface area contributed by atoms with E-state index in [0.717, 1.165) is 32.1 Å². The maximum Gasteiger partial charge on any atom is 0.222 e. The molecule has 3 heteroatoms. The largest absolute Gasteiger partial charge is 0.343 e. The van der Waals surface area contributed by atoms with Gasteiger partial charge < -0.3 is 10.6 Å². The molecule has 0 aliphatic heterocycles. The van der Waals surface area contributed by atoms with Gasteiger partial charge in [-0.2, -0.15) is 0 Å². The maximum atomic E-state index is 12.4. The number of nitrogens with zero attached hydrogens (tertiary/aromatic N) is 1. The summed E-state index contributed by atoms with van der Waals surface area (Å²) in [5.41, 5.74) is 5.94. The van der Waals surface area contributed by atoms with Crippen LogP contribution >= 0.6 is 0 Å². The van der Waals surface area contributed by atoms with Gasteiger partial charge in [-0.25, -0.2) is 0 Å². The van der Waals surface area contributed by atoms with E-state index in [4.69, 9.17) is 5.73 Å². The third-order valence-corrected chi connectivity index (χ3v) is 5.12. The highest BCUT2D eigenvalue weighted by molar-refractivity contribution is 5.76. The molecular formula is C16H30N2O. The Morgan fingerprint density at radius 3 is 2.16 bits per heavy atom. The minimum atomic E-state index is 0.363. The molecule has 2 rings (SSSR count). The Kier molecular flexibility index (Phi) is 5.68. The van der Waals surface area contributed by atoms with Gasteiger partial charge in [0.25, 0.3) is 0 Å². The number of carbonyl (C=O) groups is 1. The van der Waals surface area contributed by atoms with E-state index < -0.39 is 0 Å². The Labute approximate surface area is 117 Å². The quantitative estimate of drug-likeness (QED) is 0.798. The van der Waals surface area contributed by atoms with Crippen molar-refractivity contribution in [3.8, 4) is 0 Å². The molecule has 0 atom stereocenters. The van der Waals surface area contributed by atoms with Gasteiger partial charge in [-0.05, 0) is 44.4 Å². The summed E-state index contributed by atoms with van der Waals surface area (Å²) in [6.07, 6.45) is 13.0. The topological polar surface area (TPSA) is 46.3 Å². The van der Waals surface area contributed by atoms with Crippen LogP contribution in [0.2, 0.25) is 0 Å². The Hall–Kier alpha value is -0.570. The van der Waals surface area contributed by atoms with Gasteiger partial charge in [-0.3, -0.25) is 4.79 Å². The normalized spacial score (nSPS) is 29.8. The second-order valence-electron chi connectivity index (χ2n) is 6.63. The van der Waals surface area contributed by atoms with Crippen LogP contribution in [0.5, 0.6) is 0 Å². The summed E-state index contributed by atoms with van der Waals surface area (Å²) >= 11 is 0. The molecule has 0 bridgehead atoms. The van der Waals surface area contributed by atoms with Crippen molar-refractivity contribution in [3.63, 3.8) is 0 Å². The summed E-state index contributed by atoms with van der Waals surface area (Å²) in [5.74, 6) is 1.01. The Morgan fingerprint density at radius 1 is 1.00 bits per heavy atom. The Balaban J connectivity index is 1.78. The van der Waals surface area contributed by atoms with E-state index in [1.54, 1.807) is 0 Å². The van der Waals surface area contributed by atoms with Gasteiger partial charge in [0.2, 0.25) is 5.91 Å². The third-order valence-electron chi connectivity index (χ3n) is 5.12. The highest BCUT2D eigenvalue weighted by Crippen LogP contribution is 2.27. The molecule has 0 radical (unpaired) electrons. The average molecular weight is 266 g/mol. The molecule has 2 aliphatic rings. The lowest BCUT2D eigenvalue weighted by Crippen LogP contribution is -2.42. The fourth-order valence-electron chi connectivity index (χ4n) is 3.65. The highest BCUT2D eigenvalue weighted by Gasteiger charge is 2.26. The molecule has 0 heterocycles. The zero-order valence-corrected chi connectivity index (χ0v) is 12.4. The van der Waals surface area contributed by atoms with E-state index in [0.29, 0.717) is 23.9 Å². The lowest BCUT2D eigenvalue weighted by molar-refractivity contribution is -0.133. The van der Waals surface area contributed by atoms with Crippen LogP contribution in [0.4, 0.5) is 0 Å². The van der Waals surface area contributed by atoms with Gasteiger partial charge in [0.15, 0.2) is 0 Å². The summed E-state index contributed by atoms with van der Waals surface area (Å²) in [5, 5.41) is 0. The van der Waals surface area contributed by atoms with E-state index in [1.165, 1.54) is 38.5 Å². The molecule has 2 N–H and O–H groups in total. The predicted octanol–water partition coefficient (Wildman–Crippen LogP) is 3.08. The number of carbonyl (C=O) groups excluding carboxylic acids is 1. The van der Waals surface area contributed by atoms with Crippen molar-refractivity contribution in [2.45, 2.75) is 82.7 Å². The molecule has 0 saturated heterocycles. The molecule has 19 heavy (non-hydrogen) atoms. The molecule has 110 valence electrons. The van der Waals surface area contributed by atoms with Gasteiger partial charge in [0.1, 0.15) is 0 Å². The van der Waals surface area contributed by atoms with Gasteiger partial charge in [0, 0.05) is 25.6 Å². The smallest absolute Gasteiger partial charge is 0.222 e. The molecule has 2 saturated carbocycles. The predicted molar refractivity (Wildman–Crippen MR) is 78.8 cm³/mol. The lowest BCUT2D eigenvalue weighted by Gasteiger charge is -2.34. The van der Waals surface area contributed by atoms with E-state index >= 15 is 0 Å². The van der Waals surface area contributed by atoms with Crippen molar-refractivity contribution in [2.24, 2.45) is 11.7 Å². The number of nitrogens with two attached hydrogens (primary N) is 1. The van der Waals surface area contributed by atoms with E-state index in [9.17, 15) is 4.79 Å². The van der Waals surface area contributed by atoms with Crippen molar-refractivity contribution >= 4 is 5.91 Å². The maximum absolute atomic E-state index is 12.4. The van der Waals surface area contributed by atoms with Crippen molar-refractivity contribution in [2.75, 3.05) is 7.05 Å². The number of amides is 1. The van der Waals surface area contributed by atoms with Crippen LogP contribution in [-0.2, 0) is 4.79 Å². The lowest BCUT2D eigenvalue weighted by atomic mass is 9.90. The molecule has 1 amide bonds. The van der Waals surface area contributed by atoms with Crippen LogP contribution < -0.4 is 5.73 Å². The van der Waals surface area contributed by atoms with Crippen LogP contribution in [0.25, 0.3) is 0 Å². The Bertz CT molecular complexity index is 276. The number of hydrogen-bond donors (Lipinski definition) is 1. The standard InChI is InChI=1S/C16H30N2O/c1-18(15-10-8-14(17)9-11-15)16(19)12-13-6-4-2-3-5-7-13/h13-15H,2-12,17H2,1H3. The summed E-state index contributed by atoms with van der Waals surface area (Å²) in [6, 6.07) is 0.805. The van der Waals surface area contributed by atoms with Gasteiger partial charge in [-0.1, -0.05) is 25.7 Å². The van der Waals surface area contributed by atoms with Gasteiger partial charge >= 0.3 is 0 Å². The molecule has 2 aliphatic carbocycles. The van der Waals surface area contributed by atoms with Crippen LogP contribution in [0.3, 0.4) is 0 Å². The van der Waals surface area contributed by atoms with E-state index in [2.05, 4.69) is 0 Å². The van der Waals surface area contributed by atoms with E-state index in [1.807, 2.05) is 11.9 Å². The van der Waals surface area contributed by atoms with Crippen LogP contribution in [0.15, 0.2) is 0 Å². The summed E-state index contributed by atoms with van der Waals surface area (Å²) in [4.78, 5) is 14.4. The van der Waals surface area contributed by atoms with Crippen molar-refractivity contribution in [3.05, 3.63) is 0 Å². The molecule has 0 aromatic carbocycles. The van der Waals surface area contributed by atoms with Crippen molar-refractivity contribution in [1.29, 1.82) is 0 Å². The van der Waals surface area contributed by atoms with Crippen LogP contribution in [-0.4, -0.2) is 29.9 Å². The molecule has 0 aromatic rings. The van der Waals surface area contributed by atoms with Crippen molar-refractivity contribution in [1.82, 2.24) is 4.90 Å². The van der Waals surface area contributed by atoms with Crippen LogP contribution in [0, 0.1) is 5.92 Å². The Morgan fingerprint density at radius 2 is 1.58 bits per heavy atom. The minimum Gasteiger partial charge on any atom is -0.343 e. The highest BCUT2D eigenvalue weighted by atomic mass is 16.2. The zero-order chi connectivity index (χ0) is 13.7. The molecule has 0 spiro atoms. The first kappa shape index (κ1) is 14.8. The molecular weight excluding hydrogens is 236 g/mol. The molecule has 0 unspecified atom stereocenters. The van der Waals surface area contributed by atoms with Crippen molar-refractivity contribution < 1.29 is 4.79 Å². The first-order valence-electron chi connectivity index (χ1n) is 8.18. The zero-order valence-electron chi connectivity index (χ0n) is 12.4. The fraction of sp³-hybridized carbons (Fsp3) is 0.938.